The summed E-state index contributed by atoms with van der Waals surface area (Å²) in [4.78, 5) is 18.0. The molecule has 0 radical (unpaired) electrons. The Kier molecular flexibility index (Phi) is 4.66. The van der Waals surface area contributed by atoms with E-state index in [0.717, 1.165) is 54.8 Å². The van der Waals surface area contributed by atoms with Crippen molar-refractivity contribution in [1.82, 2.24) is 24.4 Å². The molecule has 4 aromatic rings. The highest BCUT2D eigenvalue weighted by atomic mass is 32.1. The molecule has 0 N–H and O–H groups in total. The second kappa shape index (κ2) is 7.45. The second-order valence-corrected chi connectivity index (χ2v) is 8.52. The van der Waals surface area contributed by atoms with E-state index in [2.05, 4.69) is 56.1 Å². The Balaban J connectivity index is 1.43. The molecule has 4 aromatic heterocycles. The molecule has 0 aliphatic carbocycles. The lowest BCUT2D eigenvalue weighted by molar-refractivity contribution is 0.205. The number of imidazole rings is 1. The molecule has 5 heterocycles. The van der Waals surface area contributed by atoms with E-state index in [9.17, 15) is 0 Å². The van der Waals surface area contributed by atoms with Crippen molar-refractivity contribution in [1.29, 1.82) is 0 Å². The van der Waals surface area contributed by atoms with Crippen molar-refractivity contribution in [3.63, 3.8) is 0 Å². The average Bonchev–Trinajstić information content (AvgIpc) is 3.39. The summed E-state index contributed by atoms with van der Waals surface area (Å²) in [6.07, 6.45) is 7.85. The number of nitrogens with zero attached hydrogens (tertiary/aromatic N) is 5. The number of aryl methyl sites for hydroxylation is 1. The standard InChI is InChI=1S/C22H23N5S/c1-26-15-24-22-20(26)12-19(25-21(22)17-4-2-8-23-13-17)16-6-9-27(10-7-16)14-18-5-3-11-28-18/h2-5,8,11-13,15-16H,6-7,9-10,14H2,1H3. The van der Waals surface area contributed by atoms with E-state index in [1.54, 1.807) is 6.20 Å². The van der Waals surface area contributed by atoms with E-state index in [4.69, 9.17) is 4.98 Å². The first kappa shape index (κ1) is 17.5. The van der Waals surface area contributed by atoms with Gasteiger partial charge in [-0.25, -0.2) is 4.98 Å². The van der Waals surface area contributed by atoms with Gasteiger partial charge >= 0.3 is 0 Å². The SMILES string of the molecule is Cn1cnc2c(-c3cccnc3)nc(C3CCN(Cc4cccs4)CC3)cc21. The third-order valence-corrected chi connectivity index (χ3v) is 6.49. The largest absolute Gasteiger partial charge is 0.334 e. The highest BCUT2D eigenvalue weighted by Crippen LogP contribution is 2.33. The topological polar surface area (TPSA) is 46.8 Å². The van der Waals surface area contributed by atoms with Crippen molar-refractivity contribution < 1.29 is 0 Å². The number of hydrogen-bond donors (Lipinski definition) is 0. The normalized spacial score (nSPS) is 16.0. The zero-order valence-electron chi connectivity index (χ0n) is 16.0. The summed E-state index contributed by atoms with van der Waals surface area (Å²) in [7, 11) is 2.05. The molecule has 1 aliphatic heterocycles. The Hall–Kier alpha value is -2.57. The lowest BCUT2D eigenvalue weighted by atomic mass is 9.92. The first-order chi connectivity index (χ1) is 13.8. The van der Waals surface area contributed by atoms with Crippen LogP contribution in [0, 0.1) is 0 Å². The van der Waals surface area contributed by atoms with Gasteiger partial charge in [-0.3, -0.25) is 14.9 Å². The predicted octanol–water partition coefficient (Wildman–Crippen LogP) is 4.47. The number of thiophene rings is 1. The van der Waals surface area contributed by atoms with Crippen LogP contribution >= 0.6 is 11.3 Å². The van der Waals surface area contributed by atoms with Gasteiger partial charge in [0.05, 0.1) is 17.5 Å². The van der Waals surface area contributed by atoms with Crippen LogP contribution in [0.1, 0.15) is 29.3 Å². The summed E-state index contributed by atoms with van der Waals surface area (Å²) in [5.41, 5.74) is 5.26. The summed E-state index contributed by atoms with van der Waals surface area (Å²) < 4.78 is 2.09. The molecule has 0 aromatic carbocycles. The van der Waals surface area contributed by atoms with E-state index in [0.29, 0.717) is 5.92 Å². The van der Waals surface area contributed by atoms with Crippen LogP contribution < -0.4 is 0 Å². The first-order valence-corrected chi connectivity index (χ1v) is 10.6. The number of likely N-dealkylation sites (tertiary alicyclic amines) is 1. The highest BCUT2D eigenvalue weighted by Gasteiger charge is 2.24. The van der Waals surface area contributed by atoms with Crippen molar-refractivity contribution in [2.75, 3.05) is 13.1 Å². The monoisotopic (exact) mass is 389 g/mol. The van der Waals surface area contributed by atoms with Crippen LogP contribution in [0.4, 0.5) is 0 Å². The molecule has 5 rings (SSSR count). The van der Waals surface area contributed by atoms with Gasteiger partial charge in [0.15, 0.2) is 0 Å². The van der Waals surface area contributed by atoms with Gasteiger partial charge in [-0.15, -0.1) is 11.3 Å². The Morgan fingerprint density at radius 2 is 2.07 bits per heavy atom. The van der Waals surface area contributed by atoms with Gasteiger partial charge < -0.3 is 4.57 Å². The summed E-state index contributed by atoms with van der Waals surface area (Å²) in [5, 5.41) is 2.16. The second-order valence-electron chi connectivity index (χ2n) is 7.49. The van der Waals surface area contributed by atoms with Crippen LogP contribution in [0.15, 0.2) is 54.4 Å². The number of hydrogen-bond acceptors (Lipinski definition) is 5. The smallest absolute Gasteiger partial charge is 0.115 e. The molecule has 0 amide bonds. The lowest BCUT2D eigenvalue weighted by Gasteiger charge is -2.31. The van der Waals surface area contributed by atoms with E-state index < -0.39 is 0 Å². The fourth-order valence-electron chi connectivity index (χ4n) is 4.07. The Morgan fingerprint density at radius 1 is 1.18 bits per heavy atom. The van der Waals surface area contributed by atoms with E-state index in [1.165, 1.54) is 10.6 Å². The predicted molar refractivity (Wildman–Crippen MR) is 113 cm³/mol. The van der Waals surface area contributed by atoms with Gasteiger partial charge in [0.25, 0.3) is 0 Å². The van der Waals surface area contributed by atoms with Crippen molar-refractivity contribution in [3.05, 3.63) is 65.0 Å². The van der Waals surface area contributed by atoms with Gasteiger partial charge in [-0.1, -0.05) is 6.07 Å². The van der Waals surface area contributed by atoms with Gasteiger partial charge in [0.2, 0.25) is 0 Å². The molecular weight excluding hydrogens is 366 g/mol. The number of pyridine rings is 2. The van der Waals surface area contributed by atoms with Crippen LogP contribution in [-0.2, 0) is 13.6 Å². The Bertz CT molecular complexity index is 1060. The third-order valence-electron chi connectivity index (χ3n) is 5.63. The lowest BCUT2D eigenvalue weighted by Crippen LogP contribution is -2.32. The molecule has 6 heteroatoms. The van der Waals surface area contributed by atoms with Crippen LogP contribution in [0.25, 0.3) is 22.3 Å². The van der Waals surface area contributed by atoms with E-state index in [1.807, 2.05) is 29.9 Å². The zero-order chi connectivity index (χ0) is 18.9. The maximum absolute atomic E-state index is 5.08. The number of piperidine rings is 1. The van der Waals surface area contributed by atoms with Crippen molar-refractivity contribution >= 4 is 22.4 Å². The molecular formula is C22H23N5S. The molecule has 28 heavy (non-hydrogen) atoms. The number of fused-ring (bicyclic) bond motifs is 1. The minimum Gasteiger partial charge on any atom is -0.334 e. The van der Waals surface area contributed by atoms with Crippen LogP contribution in [-0.4, -0.2) is 37.5 Å². The van der Waals surface area contributed by atoms with E-state index >= 15 is 0 Å². The molecule has 1 saturated heterocycles. The Labute approximate surface area is 168 Å². The molecule has 0 unspecified atom stereocenters. The highest BCUT2D eigenvalue weighted by molar-refractivity contribution is 7.09. The van der Waals surface area contributed by atoms with Crippen molar-refractivity contribution in [3.8, 4) is 11.3 Å². The van der Waals surface area contributed by atoms with Gasteiger partial charge in [-0.05, 0) is 55.6 Å². The van der Waals surface area contributed by atoms with Crippen molar-refractivity contribution in [2.24, 2.45) is 7.05 Å². The Morgan fingerprint density at radius 3 is 2.82 bits per heavy atom. The summed E-state index contributed by atoms with van der Waals surface area (Å²) in [6.45, 7) is 3.31. The van der Waals surface area contributed by atoms with Crippen molar-refractivity contribution in [2.45, 2.75) is 25.3 Å². The minimum atomic E-state index is 0.495. The molecule has 1 aliphatic rings. The quantitative estimate of drug-likeness (QED) is 0.517. The fraction of sp³-hybridized carbons (Fsp3) is 0.318. The molecule has 0 atom stereocenters. The molecule has 0 saturated carbocycles. The maximum atomic E-state index is 5.08. The van der Waals surface area contributed by atoms with E-state index in [-0.39, 0.29) is 0 Å². The summed E-state index contributed by atoms with van der Waals surface area (Å²) >= 11 is 1.85. The molecule has 5 nitrogen and oxygen atoms in total. The van der Waals surface area contributed by atoms with Crippen LogP contribution in [0.2, 0.25) is 0 Å². The molecule has 0 bridgehead atoms. The van der Waals surface area contributed by atoms with Gasteiger partial charge in [0, 0.05) is 48.0 Å². The average molecular weight is 390 g/mol. The van der Waals surface area contributed by atoms with Crippen LogP contribution in [0.3, 0.4) is 0 Å². The summed E-state index contributed by atoms with van der Waals surface area (Å²) in [6, 6.07) is 10.6. The number of rotatable bonds is 4. The van der Waals surface area contributed by atoms with Crippen LogP contribution in [0.5, 0.6) is 0 Å². The molecule has 1 fully saturated rings. The number of aromatic nitrogens is 4. The van der Waals surface area contributed by atoms with Gasteiger partial charge in [0.1, 0.15) is 5.52 Å². The fourth-order valence-corrected chi connectivity index (χ4v) is 4.82. The minimum absolute atomic E-state index is 0.495. The first-order valence-electron chi connectivity index (χ1n) is 9.75. The maximum Gasteiger partial charge on any atom is 0.115 e. The summed E-state index contributed by atoms with van der Waals surface area (Å²) in [5.74, 6) is 0.495. The zero-order valence-corrected chi connectivity index (χ0v) is 16.8. The molecule has 142 valence electrons. The third kappa shape index (κ3) is 3.34. The van der Waals surface area contributed by atoms with Gasteiger partial charge in [-0.2, -0.15) is 0 Å². The molecule has 0 spiro atoms.